The van der Waals surface area contributed by atoms with Crippen molar-refractivity contribution < 1.29 is 62.5 Å². The number of Topliss-reactive ketones (excluding diaryl/α,β-unsaturated/α-hetero) is 3. The standard InChI is InChI=1S/C41H62N4O13S/c1-28(2)23-35-34(41(53)45-54)8-5-18-58-33-13-10-30(11-14-33)24-36(44-40(35)52)37(49)9-6-17-56-20-22-57-21-19-55-16-4-7-31(47)25-42-38(50)15-12-32(48)26-43-39(51)27-59-29(3)46/h10-11,13-14,28,34-36,54H,4-9,12,15-27H2,1-3H3,(H,42,50)(H,43,51)(H,44,52)(H,45,53)/t34-,35+,36-/m0/s1. The zero-order valence-corrected chi connectivity index (χ0v) is 35.3. The first-order chi connectivity index (χ1) is 28.3. The van der Waals surface area contributed by atoms with Crippen molar-refractivity contribution in [3.8, 4) is 5.75 Å². The summed E-state index contributed by atoms with van der Waals surface area (Å²) >= 11 is 0.837. The lowest BCUT2D eigenvalue weighted by molar-refractivity contribution is -0.142. The first-order valence-electron chi connectivity index (χ1n) is 20.2. The Labute approximate surface area is 350 Å². The number of rotatable bonds is 27. The smallest absolute Gasteiger partial charge is 0.247 e. The van der Waals surface area contributed by atoms with Crippen molar-refractivity contribution in [2.75, 3.05) is 65.1 Å². The Balaban J connectivity index is 1.61. The van der Waals surface area contributed by atoms with Crippen LogP contribution in [0.1, 0.15) is 84.1 Å². The van der Waals surface area contributed by atoms with Crippen molar-refractivity contribution in [1.82, 2.24) is 21.4 Å². The van der Waals surface area contributed by atoms with Crippen molar-refractivity contribution in [3.05, 3.63) is 29.8 Å². The second-order valence-corrected chi connectivity index (χ2v) is 15.8. The van der Waals surface area contributed by atoms with Crippen LogP contribution in [-0.4, -0.2) is 122 Å². The molecule has 0 saturated heterocycles. The van der Waals surface area contributed by atoms with E-state index in [1.807, 2.05) is 38.1 Å². The third-order valence-electron chi connectivity index (χ3n) is 9.19. The van der Waals surface area contributed by atoms with Gasteiger partial charge in [-0.05, 0) is 62.1 Å². The minimum Gasteiger partial charge on any atom is -0.494 e. The van der Waals surface area contributed by atoms with Crippen LogP contribution in [0.5, 0.6) is 5.75 Å². The average Bonchev–Trinajstić information content (AvgIpc) is 3.21. The molecule has 0 aromatic heterocycles. The van der Waals surface area contributed by atoms with Crippen molar-refractivity contribution >= 4 is 57.9 Å². The highest BCUT2D eigenvalue weighted by Crippen LogP contribution is 2.27. The minimum atomic E-state index is -0.819. The van der Waals surface area contributed by atoms with E-state index in [0.29, 0.717) is 84.1 Å². The summed E-state index contributed by atoms with van der Waals surface area (Å²) in [4.78, 5) is 98.2. The maximum Gasteiger partial charge on any atom is 0.247 e. The molecule has 0 spiro atoms. The van der Waals surface area contributed by atoms with E-state index >= 15 is 0 Å². The largest absolute Gasteiger partial charge is 0.494 e. The predicted octanol–water partition coefficient (Wildman–Crippen LogP) is 2.28. The van der Waals surface area contributed by atoms with E-state index in [1.165, 1.54) is 6.92 Å². The summed E-state index contributed by atoms with van der Waals surface area (Å²) in [5, 5.41) is 17.1. The van der Waals surface area contributed by atoms with Gasteiger partial charge >= 0.3 is 0 Å². The fraction of sp³-hybridized carbons (Fsp3) is 0.659. The highest BCUT2D eigenvalue weighted by molar-refractivity contribution is 8.14. The summed E-state index contributed by atoms with van der Waals surface area (Å²) in [6.45, 7) is 7.09. The summed E-state index contributed by atoms with van der Waals surface area (Å²) in [5.41, 5.74) is 2.56. The first-order valence-corrected chi connectivity index (χ1v) is 21.2. The summed E-state index contributed by atoms with van der Waals surface area (Å²) in [7, 11) is 0. The molecule has 5 N–H and O–H groups in total. The van der Waals surface area contributed by atoms with Gasteiger partial charge in [0, 0.05) is 51.7 Å². The second kappa shape index (κ2) is 29.9. The summed E-state index contributed by atoms with van der Waals surface area (Å²) in [6.07, 6.45) is 2.55. The number of carbonyl (C=O) groups is 8. The van der Waals surface area contributed by atoms with Gasteiger partial charge in [-0.25, -0.2) is 5.48 Å². The molecule has 1 aromatic rings. The van der Waals surface area contributed by atoms with Crippen molar-refractivity contribution in [1.29, 1.82) is 0 Å². The van der Waals surface area contributed by atoms with E-state index in [2.05, 4.69) is 16.0 Å². The maximum absolute atomic E-state index is 13.7. The molecular formula is C41H62N4O13S. The van der Waals surface area contributed by atoms with Gasteiger partial charge in [-0.3, -0.25) is 43.6 Å². The lowest BCUT2D eigenvalue weighted by Gasteiger charge is -2.29. The number of hydroxylamine groups is 1. The predicted molar refractivity (Wildman–Crippen MR) is 218 cm³/mol. The fourth-order valence-electron chi connectivity index (χ4n) is 6.10. The second-order valence-electron chi connectivity index (χ2n) is 14.6. The Morgan fingerprint density at radius 3 is 2.03 bits per heavy atom. The third-order valence-corrected chi connectivity index (χ3v) is 10.0. The Kier molecular flexibility index (Phi) is 25.8. The summed E-state index contributed by atoms with van der Waals surface area (Å²) in [6, 6.07) is 6.54. The number of hydrogen-bond acceptors (Lipinski definition) is 14. The Bertz CT molecular complexity index is 1510. The van der Waals surface area contributed by atoms with Crippen LogP contribution < -0.4 is 26.2 Å². The molecule has 59 heavy (non-hydrogen) atoms. The summed E-state index contributed by atoms with van der Waals surface area (Å²) < 4.78 is 22.5. The van der Waals surface area contributed by atoms with Gasteiger partial charge in [0.05, 0.1) is 63.8 Å². The fourth-order valence-corrected chi connectivity index (χ4v) is 6.54. The zero-order chi connectivity index (χ0) is 43.4. The number of benzene rings is 1. The topological polar surface area (TPSA) is 242 Å². The van der Waals surface area contributed by atoms with Gasteiger partial charge in [0.15, 0.2) is 22.5 Å². The number of ketones is 3. The van der Waals surface area contributed by atoms with Gasteiger partial charge in [-0.2, -0.15) is 0 Å². The van der Waals surface area contributed by atoms with Crippen molar-refractivity contribution in [3.63, 3.8) is 0 Å². The summed E-state index contributed by atoms with van der Waals surface area (Å²) in [5.74, 6) is -3.48. The van der Waals surface area contributed by atoms with E-state index in [4.69, 9.17) is 18.9 Å². The molecule has 3 rings (SSSR count). The molecule has 2 aliphatic rings. The number of amides is 4. The van der Waals surface area contributed by atoms with Crippen LogP contribution in [0.15, 0.2) is 24.3 Å². The van der Waals surface area contributed by atoms with E-state index in [-0.39, 0.29) is 79.3 Å². The van der Waals surface area contributed by atoms with Crippen LogP contribution >= 0.6 is 11.8 Å². The van der Waals surface area contributed by atoms with Gasteiger partial charge in [0.2, 0.25) is 23.6 Å². The third kappa shape index (κ3) is 23.2. The molecule has 17 nitrogen and oxygen atoms in total. The maximum atomic E-state index is 13.7. The number of nitrogens with one attached hydrogen (secondary N) is 4. The van der Waals surface area contributed by atoms with E-state index < -0.39 is 41.5 Å². The normalized spacial score (nSPS) is 17.0. The Hall–Kier alpha value is -4.23. The van der Waals surface area contributed by atoms with Crippen molar-refractivity contribution in [2.24, 2.45) is 17.8 Å². The highest BCUT2D eigenvalue weighted by atomic mass is 32.2. The van der Waals surface area contributed by atoms with E-state index in [9.17, 15) is 43.6 Å². The molecule has 2 heterocycles. The molecule has 2 bridgehead atoms. The lowest BCUT2D eigenvalue weighted by Crippen LogP contribution is -2.49. The van der Waals surface area contributed by atoms with Gasteiger partial charge in [0.1, 0.15) is 5.75 Å². The first kappa shape index (κ1) is 50.9. The van der Waals surface area contributed by atoms with Crippen LogP contribution in [0.4, 0.5) is 0 Å². The average molecular weight is 851 g/mol. The zero-order valence-electron chi connectivity index (χ0n) is 34.5. The number of carbonyl (C=O) groups excluding carboxylic acids is 8. The van der Waals surface area contributed by atoms with Crippen LogP contribution in [0, 0.1) is 17.8 Å². The van der Waals surface area contributed by atoms with Gasteiger partial charge in [-0.15, -0.1) is 0 Å². The SMILES string of the molecule is CC(=O)SCC(=O)NCC(=O)CCC(=O)NCC(=O)CCCOCCOCCOCCCC(=O)[C@@H]1Cc2ccc(cc2)OCCC[C@H](C(=O)NO)[C@@H](CC(C)C)C(=O)N1. The minimum absolute atomic E-state index is 0.0742. The molecule has 1 aromatic carbocycles. The van der Waals surface area contributed by atoms with E-state index in [1.54, 1.807) is 5.48 Å². The molecule has 0 saturated carbocycles. The number of fused-ring (bicyclic) bond motifs is 11. The molecule has 330 valence electrons. The monoisotopic (exact) mass is 850 g/mol. The van der Waals surface area contributed by atoms with E-state index in [0.717, 1.165) is 17.3 Å². The number of thioether (sulfide) groups is 1. The van der Waals surface area contributed by atoms with Crippen LogP contribution in [0.2, 0.25) is 0 Å². The lowest BCUT2D eigenvalue weighted by atomic mass is 9.81. The molecular weight excluding hydrogens is 789 g/mol. The van der Waals surface area contributed by atoms with Crippen molar-refractivity contribution in [2.45, 2.75) is 91.0 Å². The number of hydrogen-bond donors (Lipinski definition) is 5. The van der Waals surface area contributed by atoms with Crippen LogP contribution in [0.3, 0.4) is 0 Å². The van der Waals surface area contributed by atoms with Gasteiger partial charge in [-0.1, -0.05) is 37.7 Å². The van der Waals surface area contributed by atoms with Crippen LogP contribution in [-0.2, 0) is 59.0 Å². The Morgan fingerprint density at radius 2 is 1.42 bits per heavy atom. The molecule has 2 aliphatic heterocycles. The molecule has 3 atom stereocenters. The Morgan fingerprint density at radius 1 is 0.831 bits per heavy atom. The van der Waals surface area contributed by atoms with Gasteiger partial charge < -0.3 is 34.9 Å². The highest BCUT2D eigenvalue weighted by Gasteiger charge is 2.36. The van der Waals surface area contributed by atoms with Gasteiger partial charge in [0.25, 0.3) is 0 Å². The van der Waals surface area contributed by atoms with Crippen LogP contribution in [0.25, 0.3) is 0 Å². The quantitative estimate of drug-likeness (QED) is 0.0485. The molecule has 0 fully saturated rings. The molecule has 0 unspecified atom stereocenters. The number of ether oxygens (including phenoxy) is 4. The molecule has 0 radical (unpaired) electrons. The molecule has 4 amide bonds. The molecule has 18 heteroatoms. The molecule has 0 aliphatic carbocycles.